The molecular weight excluding hydrogens is 128 g/mol. The second kappa shape index (κ2) is 3.01. The van der Waals surface area contributed by atoms with Gasteiger partial charge in [0.05, 0.1) is 11.9 Å². The second-order valence-electron chi connectivity index (χ2n) is 2.82. The molecule has 1 aliphatic rings. The Hall–Kier alpha value is -0.570. The van der Waals surface area contributed by atoms with Crippen molar-refractivity contribution in [2.45, 2.75) is 19.4 Å². The number of hydrogen-bond donors (Lipinski definition) is 2. The van der Waals surface area contributed by atoms with Gasteiger partial charge in [-0.15, -0.1) is 0 Å². The van der Waals surface area contributed by atoms with Crippen LogP contribution < -0.4 is 5.32 Å². The van der Waals surface area contributed by atoms with Crippen LogP contribution in [-0.2, 0) is 4.74 Å². The van der Waals surface area contributed by atoms with Crippen LogP contribution in [0.4, 0.5) is 0 Å². The summed E-state index contributed by atoms with van der Waals surface area (Å²) in [4.78, 5) is 0. The van der Waals surface area contributed by atoms with E-state index < -0.39 is 0 Å². The van der Waals surface area contributed by atoms with E-state index in [1.54, 1.807) is 7.11 Å². The molecule has 1 heterocycles. The smallest absolute Gasteiger partial charge is 0.0936 e. The Morgan fingerprint density at radius 3 is 2.90 bits per heavy atom. The summed E-state index contributed by atoms with van der Waals surface area (Å²) in [6.07, 6.45) is 1.10. The third kappa shape index (κ3) is 1.48. The molecule has 2 unspecified atom stereocenters. The third-order valence-electron chi connectivity index (χ3n) is 1.98. The van der Waals surface area contributed by atoms with Crippen LogP contribution in [-0.4, -0.2) is 25.6 Å². The molecule has 0 aromatic carbocycles. The van der Waals surface area contributed by atoms with Crippen molar-refractivity contribution in [2.75, 3.05) is 13.7 Å². The standard InChI is InChI=1S/C7H14N2O/c1-5-3-7(8)9-4-6(5)10-2/h5-6H,3-4H2,1-2H3,(H2,8,9). The highest BCUT2D eigenvalue weighted by Gasteiger charge is 2.22. The molecule has 10 heavy (non-hydrogen) atoms. The zero-order valence-corrected chi connectivity index (χ0v) is 6.48. The molecule has 3 nitrogen and oxygen atoms in total. The Kier molecular flexibility index (Phi) is 2.27. The van der Waals surface area contributed by atoms with Gasteiger partial charge in [-0.2, -0.15) is 0 Å². The van der Waals surface area contributed by atoms with Crippen LogP contribution in [0.15, 0.2) is 0 Å². The van der Waals surface area contributed by atoms with Crippen molar-refractivity contribution in [1.82, 2.24) is 5.32 Å². The van der Waals surface area contributed by atoms with Crippen molar-refractivity contribution in [3.8, 4) is 0 Å². The SMILES string of the molecule is COC1CNC(=N)CC1C. The van der Waals surface area contributed by atoms with Gasteiger partial charge in [-0.25, -0.2) is 0 Å². The minimum absolute atomic E-state index is 0.286. The van der Waals surface area contributed by atoms with Gasteiger partial charge in [0.2, 0.25) is 0 Å². The molecule has 3 heteroatoms. The summed E-state index contributed by atoms with van der Waals surface area (Å²) in [6, 6.07) is 0. The fourth-order valence-corrected chi connectivity index (χ4v) is 1.27. The molecule has 2 atom stereocenters. The first-order valence-electron chi connectivity index (χ1n) is 3.58. The zero-order chi connectivity index (χ0) is 7.56. The van der Waals surface area contributed by atoms with Gasteiger partial charge in [-0.05, 0) is 5.92 Å². The fourth-order valence-electron chi connectivity index (χ4n) is 1.27. The van der Waals surface area contributed by atoms with Crippen molar-refractivity contribution in [1.29, 1.82) is 5.41 Å². The van der Waals surface area contributed by atoms with Crippen molar-refractivity contribution in [2.24, 2.45) is 5.92 Å². The molecule has 1 fully saturated rings. The fraction of sp³-hybridized carbons (Fsp3) is 0.857. The average molecular weight is 142 g/mol. The first kappa shape index (κ1) is 7.54. The summed E-state index contributed by atoms with van der Waals surface area (Å²) in [6.45, 7) is 2.90. The monoisotopic (exact) mass is 142 g/mol. The third-order valence-corrected chi connectivity index (χ3v) is 1.98. The van der Waals surface area contributed by atoms with Crippen LogP contribution in [0.2, 0.25) is 0 Å². The maximum absolute atomic E-state index is 7.32. The van der Waals surface area contributed by atoms with Crippen LogP contribution >= 0.6 is 0 Å². The van der Waals surface area contributed by atoms with Gasteiger partial charge in [0.1, 0.15) is 0 Å². The molecule has 0 spiro atoms. The molecule has 1 saturated heterocycles. The Morgan fingerprint density at radius 2 is 2.40 bits per heavy atom. The Bertz CT molecular complexity index is 136. The van der Waals surface area contributed by atoms with Gasteiger partial charge in [0, 0.05) is 20.1 Å². The molecule has 0 bridgehead atoms. The molecule has 58 valence electrons. The van der Waals surface area contributed by atoms with Gasteiger partial charge in [-0.1, -0.05) is 6.92 Å². The number of rotatable bonds is 1. The lowest BCUT2D eigenvalue weighted by molar-refractivity contribution is 0.0573. The molecule has 1 rings (SSSR count). The van der Waals surface area contributed by atoms with Crippen LogP contribution in [0, 0.1) is 11.3 Å². The zero-order valence-electron chi connectivity index (χ0n) is 6.48. The Morgan fingerprint density at radius 1 is 1.70 bits per heavy atom. The maximum atomic E-state index is 7.32. The van der Waals surface area contributed by atoms with Gasteiger partial charge < -0.3 is 10.1 Å². The van der Waals surface area contributed by atoms with E-state index in [9.17, 15) is 0 Å². The molecule has 0 aromatic rings. The van der Waals surface area contributed by atoms with Crippen molar-refractivity contribution < 1.29 is 4.74 Å². The number of nitrogens with one attached hydrogen (secondary N) is 2. The van der Waals surface area contributed by atoms with Gasteiger partial charge in [0.25, 0.3) is 0 Å². The minimum atomic E-state index is 0.286. The highest BCUT2D eigenvalue weighted by Crippen LogP contribution is 2.14. The van der Waals surface area contributed by atoms with E-state index in [1.165, 1.54) is 0 Å². The summed E-state index contributed by atoms with van der Waals surface area (Å²) in [7, 11) is 1.72. The highest BCUT2D eigenvalue weighted by atomic mass is 16.5. The molecule has 0 radical (unpaired) electrons. The van der Waals surface area contributed by atoms with Gasteiger partial charge >= 0.3 is 0 Å². The normalized spacial score (nSPS) is 33.6. The average Bonchev–Trinajstić information content (AvgIpc) is 1.88. The van der Waals surface area contributed by atoms with Crippen molar-refractivity contribution in [3.63, 3.8) is 0 Å². The molecule has 0 saturated carbocycles. The lowest BCUT2D eigenvalue weighted by Crippen LogP contribution is -2.43. The van der Waals surface area contributed by atoms with Gasteiger partial charge in [0.15, 0.2) is 0 Å². The lowest BCUT2D eigenvalue weighted by atomic mass is 9.96. The first-order chi connectivity index (χ1) is 4.74. The summed E-state index contributed by atoms with van der Waals surface area (Å²) in [5.41, 5.74) is 0. The number of piperidine rings is 1. The first-order valence-corrected chi connectivity index (χ1v) is 3.58. The summed E-state index contributed by atoms with van der Waals surface area (Å²) in [5, 5.41) is 10.3. The van der Waals surface area contributed by atoms with Gasteiger partial charge in [-0.3, -0.25) is 5.41 Å². The Balaban J connectivity index is 2.43. The molecule has 1 aliphatic heterocycles. The van der Waals surface area contributed by atoms with E-state index in [0.29, 0.717) is 11.8 Å². The van der Waals surface area contributed by atoms with E-state index >= 15 is 0 Å². The summed E-state index contributed by atoms with van der Waals surface area (Å²) < 4.78 is 5.19. The number of hydrogen-bond acceptors (Lipinski definition) is 2. The number of methoxy groups -OCH3 is 1. The van der Waals surface area contributed by atoms with E-state index in [2.05, 4.69) is 12.2 Å². The molecule has 0 aliphatic carbocycles. The Labute approximate surface area is 61.3 Å². The predicted octanol–water partition coefficient (Wildman–Crippen LogP) is 0.608. The minimum Gasteiger partial charge on any atom is -0.379 e. The molecule has 0 aromatic heterocycles. The van der Waals surface area contributed by atoms with Crippen molar-refractivity contribution >= 4 is 5.84 Å². The quantitative estimate of drug-likeness (QED) is 0.563. The van der Waals surface area contributed by atoms with Crippen LogP contribution in [0.5, 0.6) is 0 Å². The van der Waals surface area contributed by atoms with E-state index in [0.717, 1.165) is 13.0 Å². The number of amidine groups is 1. The summed E-state index contributed by atoms with van der Waals surface area (Å²) in [5.74, 6) is 1.12. The van der Waals surface area contributed by atoms with E-state index in [-0.39, 0.29) is 6.10 Å². The maximum Gasteiger partial charge on any atom is 0.0936 e. The molecular formula is C7H14N2O. The topological polar surface area (TPSA) is 45.1 Å². The highest BCUT2D eigenvalue weighted by molar-refractivity contribution is 5.79. The van der Waals surface area contributed by atoms with Crippen LogP contribution in [0.3, 0.4) is 0 Å². The predicted molar refractivity (Wildman–Crippen MR) is 40.3 cm³/mol. The number of ether oxygens (including phenoxy) is 1. The van der Waals surface area contributed by atoms with E-state index in [1.807, 2.05) is 0 Å². The van der Waals surface area contributed by atoms with Crippen molar-refractivity contribution in [3.05, 3.63) is 0 Å². The van der Waals surface area contributed by atoms with Crippen LogP contribution in [0.25, 0.3) is 0 Å². The largest absolute Gasteiger partial charge is 0.379 e. The summed E-state index contributed by atoms with van der Waals surface area (Å²) >= 11 is 0. The molecule has 0 amide bonds. The lowest BCUT2D eigenvalue weighted by Gasteiger charge is -2.28. The second-order valence-corrected chi connectivity index (χ2v) is 2.82. The van der Waals surface area contributed by atoms with Crippen LogP contribution in [0.1, 0.15) is 13.3 Å². The molecule has 2 N–H and O–H groups in total. The van der Waals surface area contributed by atoms with E-state index in [4.69, 9.17) is 10.1 Å².